The lowest BCUT2D eigenvalue weighted by Crippen LogP contribution is -2.40. The average molecular weight is 270 g/mol. The highest BCUT2D eigenvalue weighted by atomic mass is 32.2. The molecule has 0 heterocycles. The Hall–Kier alpha value is -1.11. The Bertz CT molecular complexity index is 522. The molecule has 1 aliphatic carbocycles. The largest absolute Gasteiger partial charge is 0.398 e. The summed E-state index contributed by atoms with van der Waals surface area (Å²) in [5.41, 5.74) is 4.95. The molecule has 100 valence electrons. The van der Waals surface area contributed by atoms with Crippen LogP contribution in [0.4, 0.5) is 5.69 Å². The van der Waals surface area contributed by atoms with Crippen LogP contribution in [0, 0.1) is 0 Å². The fraction of sp³-hybridized carbons (Fsp3) is 0.500. The van der Waals surface area contributed by atoms with Gasteiger partial charge in [0.25, 0.3) is 0 Å². The zero-order chi connectivity index (χ0) is 13.2. The zero-order valence-electron chi connectivity index (χ0n) is 10.1. The Labute approximate surface area is 107 Å². The number of hydrogen-bond donors (Lipinski definition) is 3. The first-order valence-corrected chi connectivity index (χ1v) is 7.48. The topological polar surface area (TPSA) is 92.4 Å². The normalized spacial score (nSPS) is 18.9. The number of rotatable bonds is 4. The molecule has 1 fully saturated rings. The maximum Gasteiger partial charge on any atom is 0.242 e. The van der Waals surface area contributed by atoms with Gasteiger partial charge in [-0.2, -0.15) is 0 Å². The lowest BCUT2D eigenvalue weighted by Gasteiger charge is -2.22. The average Bonchev–Trinajstić information content (AvgIpc) is 2.75. The molecular formula is C12H18N2O3S. The van der Waals surface area contributed by atoms with Crippen molar-refractivity contribution in [2.45, 2.75) is 36.2 Å². The Kier molecular flexibility index (Phi) is 3.61. The Morgan fingerprint density at radius 1 is 1.28 bits per heavy atom. The van der Waals surface area contributed by atoms with Crippen LogP contribution < -0.4 is 10.5 Å². The van der Waals surface area contributed by atoms with Crippen LogP contribution in [0.1, 0.15) is 25.7 Å². The minimum absolute atomic E-state index is 0.0453. The van der Waals surface area contributed by atoms with Crippen molar-refractivity contribution in [3.05, 3.63) is 24.3 Å². The van der Waals surface area contributed by atoms with Gasteiger partial charge >= 0.3 is 0 Å². The smallest absolute Gasteiger partial charge is 0.242 e. The first-order valence-electron chi connectivity index (χ1n) is 6.00. The van der Waals surface area contributed by atoms with E-state index in [0.717, 1.165) is 12.8 Å². The molecule has 18 heavy (non-hydrogen) atoms. The van der Waals surface area contributed by atoms with Crippen LogP contribution >= 0.6 is 0 Å². The highest BCUT2D eigenvalue weighted by Gasteiger charge is 2.32. The molecule has 1 saturated carbocycles. The van der Waals surface area contributed by atoms with Crippen LogP contribution in [0.3, 0.4) is 0 Å². The third-order valence-electron chi connectivity index (χ3n) is 3.33. The summed E-state index contributed by atoms with van der Waals surface area (Å²) in [6.07, 6.45) is 3.15. The first kappa shape index (κ1) is 13.3. The summed E-state index contributed by atoms with van der Waals surface area (Å²) in [5.74, 6) is 0. The summed E-state index contributed by atoms with van der Waals surface area (Å²) >= 11 is 0. The molecule has 0 saturated heterocycles. The Balaban J connectivity index is 2.11. The van der Waals surface area contributed by atoms with Crippen molar-refractivity contribution in [1.29, 1.82) is 0 Å². The van der Waals surface area contributed by atoms with Crippen molar-refractivity contribution >= 4 is 15.7 Å². The van der Waals surface area contributed by atoms with Gasteiger partial charge in [-0.3, -0.25) is 0 Å². The van der Waals surface area contributed by atoms with Crippen LogP contribution in [0.5, 0.6) is 0 Å². The molecule has 0 radical (unpaired) electrons. The van der Waals surface area contributed by atoms with E-state index in [1.807, 2.05) is 0 Å². The molecular weight excluding hydrogens is 252 g/mol. The molecule has 1 aromatic rings. The van der Waals surface area contributed by atoms with E-state index in [4.69, 9.17) is 5.73 Å². The lowest BCUT2D eigenvalue weighted by molar-refractivity contribution is 0.0532. The molecule has 2 rings (SSSR count). The first-order chi connectivity index (χ1) is 8.43. The summed E-state index contributed by atoms with van der Waals surface area (Å²) in [6.45, 7) is 0.0453. The molecule has 6 heteroatoms. The standard InChI is InChI=1S/C12H18N2O3S/c13-10-5-1-2-6-11(10)18(16,17)14-9-12(15)7-3-4-8-12/h1-2,5-6,14-15H,3-4,7-9,13H2. The number of benzene rings is 1. The molecule has 5 nitrogen and oxygen atoms in total. The predicted octanol–water partition coefficient (Wildman–Crippen LogP) is 0.852. The van der Waals surface area contributed by atoms with Gasteiger partial charge in [0.15, 0.2) is 0 Å². The lowest BCUT2D eigenvalue weighted by atomic mass is 10.0. The van der Waals surface area contributed by atoms with Crippen LogP contribution in [-0.2, 0) is 10.0 Å². The third kappa shape index (κ3) is 2.82. The van der Waals surface area contributed by atoms with Crippen LogP contribution in [0.15, 0.2) is 29.2 Å². The number of nitrogen functional groups attached to an aromatic ring is 1. The number of sulfonamides is 1. The molecule has 1 aromatic carbocycles. The molecule has 0 unspecified atom stereocenters. The summed E-state index contributed by atoms with van der Waals surface area (Å²) in [7, 11) is -3.65. The molecule has 1 aliphatic rings. The SMILES string of the molecule is Nc1ccccc1S(=O)(=O)NCC1(O)CCCC1. The van der Waals surface area contributed by atoms with Crippen LogP contribution in [0.2, 0.25) is 0 Å². The van der Waals surface area contributed by atoms with Gasteiger partial charge in [-0.25, -0.2) is 13.1 Å². The number of hydrogen-bond acceptors (Lipinski definition) is 4. The molecule has 0 aliphatic heterocycles. The number of nitrogens with two attached hydrogens (primary N) is 1. The van der Waals surface area contributed by atoms with Crippen LogP contribution in [-0.4, -0.2) is 25.7 Å². The summed E-state index contributed by atoms with van der Waals surface area (Å²) in [5, 5.41) is 10.1. The second-order valence-electron chi connectivity index (χ2n) is 4.79. The van der Waals surface area contributed by atoms with Crippen molar-refractivity contribution in [3.8, 4) is 0 Å². The Morgan fingerprint density at radius 2 is 1.89 bits per heavy atom. The maximum absolute atomic E-state index is 12.0. The molecule has 0 bridgehead atoms. The summed E-state index contributed by atoms with van der Waals surface area (Å²) in [6, 6.07) is 6.29. The predicted molar refractivity (Wildman–Crippen MR) is 69.5 cm³/mol. The maximum atomic E-state index is 12.0. The highest BCUT2D eigenvalue weighted by molar-refractivity contribution is 7.89. The molecule has 0 atom stereocenters. The van der Waals surface area contributed by atoms with E-state index < -0.39 is 15.6 Å². The molecule has 4 N–H and O–H groups in total. The second-order valence-corrected chi connectivity index (χ2v) is 6.53. The van der Waals surface area contributed by atoms with Gasteiger partial charge in [-0.1, -0.05) is 25.0 Å². The van der Waals surface area contributed by atoms with Crippen molar-refractivity contribution < 1.29 is 13.5 Å². The number of anilines is 1. The second kappa shape index (κ2) is 4.87. The van der Waals surface area contributed by atoms with E-state index in [-0.39, 0.29) is 17.1 Å². The van der Waals surface area contributed by atoms with Crippen molar-refractivity contribution in [3.63, 3.8) is 0 Å². The van der Waals surface area contributed by atoms with Gasteiger partial charge in [-0.05, 0) is 25.0 Å². The van der Waals surface area contributed by atoms with Crippen molar-refractivity contribution in [2.24, 2.45) is 0 Å². The van der Waals surface area contributed by atoms with Crippen LogP contribution in [0.25, 0.3) is 0 Å². The number of aliphatic hydroxyl groups is 1. The van der Waals surface area contributed by atoms with Gasteiger partial charge in [0.1, 0.15) is 4.90 Å². The van der Waals surface area contributed by atoms with E-state index in [1.54, 1.807) is 18.2 Å². The van der Waals surface area contributed by atoms with Crippen molar-refractivity contribution in [1.82, 2.24) is 4.72 Å². The van der Waals surface area contributed by atoms with Gasteiger partial charge in [0.2, 0.25) is 10.0 Å². The highest BCUT2D eigenvalue weighted by Crippen LogP contribution is 2.29. The van der Waals surface area contributed by atoms with E-state index in [9.17, 15) is 13.5 Å². The summed E-state index contributed by atoms with van der Waals surface area (Å²) < 4.78 is 26.5. The van der Waals surface area contributed by atoms with Gasteiger partial charge < -0.3 is 10.8 Å². The minimum Gasteiger partial charge on any atom is -0.398 e. The minimum atomic E-state index is -3.65. The molecule has 0 amide bonds. The van der Waals surface area contributed by atoms with E-state index in [1.165, 1.54) is 6.07 Å². The fourth-order valence-corrected chi connectivity index (χ4v) is 3.49. The number of nitrogens with one attached hydrogen (secondary N) is 1. The van der Waals surface area contributed by atoms with Gasteiger partial charge in [0.05, 0.1) is 11.3 Å². The van der Waals surface area contributed by atoms with Gasteiger partial charge in [0, 0.05) is 6.54 Å². The molecule has 0 spiro atoms. The zero-order valence-corrected chi connectivity index (χ0v) is 10.9. The van der Waals surface area contributed by atoms with Gasteiger partial charge in [-0.15, -0.1) is 0 Å². The number of para-hydroxylation sites is 1. The van der Waals surface area contributed by atoms with E-state index >= 15 is 0 Å². The molecule has 0 aromatic heterocycles. The summed E-state index contributed by atoms with van der Waals surface area (Å²) in [4.78, 5) is 0.0617. The monoisotopic (exact) mass is 270 g/mol. The van der Waals surface area contributed by atoms with Crippen molar-refractivity contribution in [2.75, 3.05) is 12.3 Å². The fourth-order valence-electron chi connectivity index (χ4n) is 2.24. The third-order valence-corrected chi connectivity index (χ3v) is 4.81. The Morgan fingerprint density at radius 3 is 2.50 bits per heavy atom. The quantitative estimate of drug-likeness (QED) is 0.707. The van der Waals surface area contributed by atoms with E-state index in [2.05, 4.69) is 4.72 Å². The van der Waals surface area contributed by atoms with E-state index in [0.29, 0.717) is 12.8 Å².